The molecule has 0 aromatic heterocycles. The number of primary amides is 1. The summed E-state index contributed by atoms with van der Waals surface area (Å²) in [5, 5.41) is 14.2. The van der Waals surface area contributed by atoms with Crippen LogP contribution in [-0.2, 0) is 14.4 Å². The number of carbonyl (C=O) groups is 3. The largest absolute Gasteiger partial charge is 0.480 e. The van der Waals surface area contributed by atoms with Gasteiger partial charge in [-0.05, 0) is 19.3 Å². The van der Waals surface area contributed by atoms with Crippen molar-refractivity contribution in [1.82, 2.24) is 10.6 Å². The van der Waals surface area contributed by atoms with E-state index in [0.29, 0.717) is 6.04 Å². The topological polar surface area (TPSA) is 122 Å². The van der Waals surface area contributed by atoms with E-state index < -0.39 is 17.9 Å². The average Bonchev–Trinajstić information content (AvgIpc) is 3.04. The second kappa shape index (κ2) is 6.19. The molecule has 0 aliphatic heterocycles. The molecule has 0 spiro atoms. The van der Waals surface area contributed by atoms with Gasteiger partial charge in [-0.3, -0.25) is 9.59 Å². The number of carboxylic acids is 1. The van der Waals surface area contributed by atoms with Gasteiger partial charge in [0.2, 0.25) is 11.8 Å². The highest BCUT2D eigenvalue weighted by Gasteiger charge is 2.23. The van der Waals surface area contributed by atoms with Gasteiger partial charge in [-0.2, -0.15) is 0 Å². The van der Waals surface area contributed by atoms with Gasteiger partial charge < -0.3 is 21.5 Å². The maximum Gasteiger partial charge on any atom is 0.326 e. The van der Waals surface area contributed by atoms with Crippen molar-refractivity contribution >= 4 is 17.8 Å². The van der Waals surface area contributed by atoms with E-state index in [1.807, 2.05) is 0 Å². The van der Waals surface area contributed by atoms with E-state index >= 15 is 0 Å². The van der Waals surface area contributed by atoms with E-state index in [0.717, 1.165) is 12.8 Å². The predicted molar refractivity (Wildman–Crippen MR) is 59.0 cm³/mol. The summed E-state index contributed by atoms with van der Waals surface area (Å²) in [4.78, 5) is 32.7. The third-order valence-corrected chi connectivity index (χ3v) is 2.44. The van der Waals surface area contributed by atoms with Crippen LogP contribution in [0.5, 0.6) is 0 Å². The first-order valence-electron chi connectivity index (χ1n) is 5.53. The van der Waals surface area contributed by atoms with Crippen molar-refractivity contribution in [2.75, 3.05) is 6.54 Å². The predicted octanol–water partition coefficient (Wildman–Crippen LogP) is -1.43. The Morgan fingerprint density at radius 1 is 1.35 bits per heavy atom. The number of hydrogen-bond donors (Lipinski definition) is 4. The maximum absolute atomic E-state index is 11.4. The molecule has 0 unspecified atom stereocenters. The second-order valence-corrected chi connectivity index (χ2v) is 4.12. The summed E-state index contributed by atoms with van der Waals surface area (Å²) in [7, 11) is 0. The van der Waals surface area contributed by atoms with Crippen molar-refractivity contribution in [3.63, 3.8) is 0 Å². The Labute approximate surface area is 98.7 Å². The molecule has 1 rings (SSSR count). The lowest BCUT2D eigenvalue weighted by atomic mass is 10.1. The van der Waals surface area contributed by atoms with Crippen LogP contribution in [0.2, 0.25) is 0 Å². The van der Waals surface area contributed by atoms with Crippen LogP contribution >= 0.6 is 0 Å². The summed E-state index contributed by atoms with van der Waals surface area (Å²) in [6, 6.07) is -0.675. The maximum atomic E-state index is 11.4. The highest BCUT2D eigenvalue weighted by atomic mass is 16.4. The normalized spacial score (nSPS) is 16.2. The lowest BCUT2D eigenvalue weighted by molar-refractivity contribution is -0.142. The molecule has 1 saturated carbocycles. The summed E-state index contributed by atoms with van der Waals surface area (Å²) >= 11 is 0. The van der Waals surface area contributed by atoms with Gasteiger partial charge in [0, 0.05) is 12.5 Å². The van der Waals surface area contributed by atoms with E-state index in [4.69, 9.17) is 10.8 Å². The molecule has 1 aliphatic carbocycles. The number of nitrogens with two attached hydrogens (primary N) is 1. The van der Waals surface area contributed by atoms with Gasteiger partial charge in [0.25, 0.3) is 0 Å². The average molecular weight is 243 g/mol. The Balaban J connectivity index is 2.28. The fourth-order valence-corrected chi connectivity index (χ4v) is 1.31. The third kappa shape index (κ3) is 5.86. The first kappa shape index (κ1) is 13.4. The van der Waals surface area contributed by atoms with Crippen LogP contribution < -0.4 is 16.4 Å². The zero-order valence-electron chi connectivity index (χ0n) is 9.44. The lowest BCUT2D eigenvalue weighted by Gasteiger charge is -2.13. The molecule has 1 fully saturated rings. The van der Waals surface area contributed by atoms with E-state index in [-0.39, 0.29) is 25.3 Å². The first-order valence-corrected chi connectivity index (χ1v) is 5.53. The smallest absolute Gasteiger partial charge is 0.326 e. The van der Waals surface area contributed by atoms with Crippen LogP contribution in [0, 0.1) is 0 Å². The third-order valence-electron chi connectivity index (χ3n) is 2.44. The number of aliphatic carboxylic acids is 1. The van der Waals surface area contributed by atoms with E-state index in [9.17, 15) is 14.4 Å². The van der Waals surface area contributed by atoms with Gasteiger partial charge in [0.1, 0.15) is 6.04 Å². The van der Waals surface area contributed by atoms with Crippen LogP contribution in [0.15, 0.2) is 0 Å². The van der Waals surface area contributed by atoms with Crippen LogP contribution in [-0.4, -0.2) is 41.5 Å². The molecule has 0 aromatic carbocycles. The molecule has 0 radical (unpaired) electrons. The molecular formula is C10H17N3O4. The van der Waals surface area contributed by atoms with Crippen LogP contribution in [0.3, 0.4) is 0 Å². The molecule has 1 aliphatic rings. The Morgan fingerprint density at radius 2 is 2.00 bits per heavy atom. The second-order valence-electron chi connectivity index (χ2n) is 4.12. The molecule has 17 heavy (non-hydrogen) atoms. The summed E-state index contributed by atoms with van der Waals surface area (Å²) in [6.45, 7) is 0.102. The highest BCUT2D eigenvalue weighted by molar-refractivity contribution is 5.85. The summed E-state index contributed by atoms with van der Waals surface area (Å²) in [6.07, 6.45) is 2.06. The van der Waals surface area contributed by atoms with Crippen molar-refractivity contribution in [3.05, 3.63) is 0 Å². The standard InChI is InChI=1S/C10H17N3O4/c11-8(14)4-3-7(10(16)17)13-9(15)5-12-6-1-2-6/h6-7,12H,1-5H2,(H2,11,14)(H,13,15)(H,16,17)/t7-/m1/s1. The molecule has 0 aromatic rings. The number of nitrogens with one attached hydrogen (secondary N) is 2. The number of carbonyl (C=O) groups excluding carboxylic acids is 2. The minimum absolute atomic E-state index is 0.0137. The van der Waals surface area contributed by atoms with E-state index in [2.05, 4.69) is 10.6 Å². The molecule has 1 atom stereocenters. The van der Waals surface area contributed by atoms with Gasteiger partial charge in [-0.1, -0.05) is 0 Å². The molecule has 7 heteroatoms. The molecule has 0 bridgehead atoms. The Kier molecular flexibility index (Phi) is 4.89. The fourth-order valence-electron chi connectivity index (χ4n) is 1.31. The zero-order chi connectivity index (χ0) is 12.8. The van der Waals surface area contributed by atoms with E-state index in [1.54, 1.807) is 0 Å². The first-order chi connectivity index (χ1) is 7.99. The quantitative estimate of drug-likeness (QED) is 0.416. The van der Waals surface area contributed by atoms with Gasteiger partial charge >= 0.3 is 5.97 Å². The van der Waals surface area contributed by atoms with Crippen LogP contribution in [0.4, 0.5) is 0 Å². The fraction of sp³-hybridized carbons (Fsp3) is 0.700. The van der Waals surface area contributed by atoms with Crippen molar-refractivity contribution in [2.45, 2.75) is 37.8 Å². The minimum atomic E-state index is -1.16. The van der Waals surface area contributed by atoms with Gasteiger partial charge in [0.15, 0.2) is 0 Å². The molecule has 7 nitrogen and oxygen atoms in total. The molecule has 96 valence electrons. The highest BCUT2D eigenvalue weighted by Crippen LogP contribution is 2.17. The Bertz CT molecular complexity index is 315. The Hall–Kier alpha value is -1.63. The molecule has 2 amide bonds. The number of amides is 2. The molecule has 0 saturated heterocycles. The molecule has 0 heterocycles. The van der Waals surface area contributed by atoms with Crippen LogP contribution in [0.25, 0.3) is 0 Å². The van der Waals surface area contributed by atoms with Gasteiger partial charge in [0.05, 0.1) is 6.54 Å². The molecular weight excluding hydrogens is 226 g/mol. The van der Waals surface area contributed by atoms with Crippen LogP contribution in [0.1, 0.15) is 25.7 Å². The summed E-state index contributed by atoms with van der Waals surface area (Å²) in [5.74, 6) is -2.12. The van der Waals surface area contributed by atoms with Crippen molar-refractivity contribution < 1.29 is 19.5 Å². The summed E-state index contributed by atoms with van der Waals surface area (Å²) < 4.78 is 0. The molecule has 5 N–H and O–H groups in total. The van der Waals surface area contributed by atoms with Gasteiger partial charge in [-0.15, -0.1) is 0 Å². The number of carboxylic acid groups (broad SMARTS) is 1. The van der Waals surface area contributed by atoms with E-state index in [1.165, 1.54) is 0 Å². The van der Waals surface area contributed by atoms with Crippen molar-refractivity contribution in [1.29, 1.82) is 0 Å². The summed E-state index contributed by atoms with van der Waals surface area (Å²) in [5.41, 5.74) is 4.92. The lowest BCUT2D eigenvalue weighted by Crippen LogP contribution is -2.45. The Morgan fingerprint density at radius 3 is 2.47 bits per heavy atom. The zero-order valence-corrected chi connectivity index (χ0v) is 9.44. The SMILES string of the molecule is NC(=O)CC[C@@H](NC(=O)CNC1CC1)C(=O)O. The van der Waals surface area contributed by atoms with Crippen molar-refractivity contribution in [3.8, 4) is 0 Å². The number of hydrogen-bond acceptors (Lipinski definition) is 4. The number of rotatable bonds is 8. The minimum Gasteiger partial charge on any atom is -0.480 e. The van der Waals surface area contributed by atoms with Gasteiger partial charge in [-0.25, -0.2) is 4.79 Å². The van der Waals surface area contributed by atoms with Crippen molar-refractivity contribution in [2.24, 2.45) is 5.73 Å². The monoisotopic (exact) mass is 243 g/mol.